The molecule has 1 N–H and O–H groups in total. The van der Waals surface area contributed by atoms with Crippen LogP contribution in [0.1, 0.15) is 24.0 Å². The minimum Gasteiger partial charge on any atom is -0.497 e. The highest BCUT2D eigenvalue weighted by atomic mass is 16.5. The van der Waals surface area contributed by atoms with Crippen molar-refractivity contribution in [1.29, 1.82) is 0 Å². The summed E-state index contributed by atoms with van der Waals surface area (Å²) in [6.07, 6.45) is 4.25. The van der Waals surface area contributed by atoms with Crippen LogP contribution in [0.2, 0.25) is 0 Å². The summed E-state index contributed by atoms with van der Waals surface area (Å²) in [5, 5.41) is 2.97. The van der Waals surface area contributed by atoms with Crippen LogP contribution < -0.4 is 15.0 Å². The Labute approximate surface area is 154 Å². The molecule has 1 aromatic heterocycles. The second-order valence-corrected chi connectivity index (χ2v) is 6.58. The Balaban J connectivity index is 1.53. The maximum atomic E-state index is 12.4. The summed E-state index contributed by atoms with van der Waals surface area (Å²) in [6.45, 7) is 3.14. The molecule has 2 heterocycles. The topological polar surface area (TPSA) is 57.7 Å². The van der Waals surface area contributed by atoms with Gasteiger partial charge in [0.25, 0.3) is 0 Å². The predicted octanol–water partition coefficient (Wildman–Crippen LogP) is 3.03. The van der Waals surface area contributed by atoms with Crippen LogP contribution in [0.25, 0.3) is 0 Å². The Morgan fingerprint density at radius 2 is 2.04 bits per heavy atom. The lowest BCUT2D eigenvalue weighted by atomic mass is 10.2. The molecule has 0 aliphatic carbocycles. The van der Waals surface area contributed by atoms with Crippen molar-refractivity contribution < 1.29 is 9.53 Å². The molecule has 0 atom stereocenters. The van der Waals surface area contributed by atoms with Crippen LogP contribution >= 0.6 is 0 Å². The number of rotatable bonds is 6. The number of urea groups is 1. The lowest BCUT2D eigenvalue weighted by molar-refractivity contribution is 0.206. The summed E-state index contributed by atoms with van der Waals surface area (Å²) in [4.78, 5) is 20.8. The summed E-state index contributed by atoms with van der Waals surface area (Å²) < 4.78 is 5.23. The van der Waals surface area contributed by atoms with Gasteiger partial charge in [0.2, 0.25) is 0 Å². The van der Waals surface area contributed by atoms with Crippen molar-refractivity contribution in [3.05, 3.63) is 53.7 Å². The molecule has 3 rings (SSSR count). The van der Waals surface area contributed by atoms with E-state index in [-0.39, 0.29) is 6.03 Å². The molecule has 1 aliphatic rings. The van der Waals surface area contributed by atoms with Crippen molar-refractivity contribution in [2.45, 2.75) is 25.9 Å². The zero-order valence-electron chi connectivity index (χ0n) is 15.4. The van der Waals surface area contributed by atoms with E-state index in [0.717, 1.165) is 35.8 Å². The van der Waals surface area contributed by atoms with E-state index in [2.05, 4.69) is 21.3 Å². The largest absolute Gasteiger partial charge is 0.497 e. The Bertz CT molecular complexity index is 744. The Hall–Kier alpha value is -2.76. The maximum absolute atomic E-state index is 12.4. The average Bonchev–Trinajstić information content (AvgIpc) is 3.21. The molecule has 1 saturated heterocycles. The number of anilines is 1. The van der Waals surface area contributed by atoms with Gasteiger partial charge < -0.3 is 19.9 Å². The number of pyridine rings is 1. The molecule has 0 saturated carbocycles. The lowest BCUT2D eigenvalue weighted by Crippen LogP contribution is -2.36. The number of ether oxygens (including phenoxy) is 1. The molecular formula is C20H26N4O2. The number of hydrogen-bond acceptors (Lipinski definition) is 4. The average molecular weight is 354 g/mol. The Kier molecular flexibility index (Phi) is 5.94. The number of hydrogen-bond donors (Lipinski definition) is 1. The van der Waals surface area contributed by atoms with E-state index in [9.17, 15) is 4.79 Å². The fraction of sp³-hybridized carbons (Fsp3) is 0.400. The van der Waals surface area contributed by atoms with Crippen LogP contribution in [-0.2, 0) is 13.1 Å². The SMILES string of the molecule is COc1cccc(CN(C)C(=O)NCc2ccnc(N3CCCC3)c2)c1. The smallest absolute Gasteiger partial charge is 0.317 e. The monoisotopic (exact) mass is 354 g/mol. The van der Waals surface area contributed by atoms with E-state index in [1.165, 1.54) is 12.8 Å². The first-order valence-corrected chi connectivity index (χ1v) is 8.97. The summed E-state index contributed by atoms with van der Waals surface area (Å²) in [7, 11) is 3.43. The molecule has 0 spiro atoms. The number of carbonyl (C=O) groups is 1. The summed E-state index contributed by atoms with van der Waals surface area (Å²) in [5.74, 6) is 1.79. The van der Waals surface area contributed by atoms with Crippen LogP contribution in [-0.4, -0.2) is 43.2 Å². The molecule has 2 aromatic rings. The molecule has 1 aromatic carbocycles. The van der Waals surface area contributed by atoms with Crippen LogP contribution in [0, 0.1) is 0 Å². The zero-order valence-corrected chi connectivity index (χ0v) is 15.4. The molecule has 0 bridgehead atoms. The second-order valence-electron chi connectivity index (χ2n) is 6.58. The number of carbonyl (C=O) groups excluding carboxylic acids is 1. The molecule has 0 radical (unpaired) electrons. The molecule has 2 amide bonds. The van der Waals surface area contributed by atoms with Crippen molar-refractivity contribution in [2.24, 2.45) is 0 Å². The van der Waals surface area contributed by atoms with Gasteiger partial charge in [-0.2, -0.15) is 0 Å². The summed E-state index contributed by atoms with van der Waals surface area (Å²) in [6, 6.07) is 11.6. The third-order valence-electron chi connectivity index (χ3n) is 4.58. The fourth-order valence-corrected chi connectivity index (χ4v) is 3.12. The number of aromatic nitrogens is 1. The van der Waals surface area contributed by atoms with Gasteiger partial charge in [-0.05, 0) is 48.2 Å². The quantitative estimate of drug-likeness (QED) is 0.866. The highest BCUT2D eigenvalue weighted by Gasteiger charge is 2.14. The fourth-order valence-electron chi connectivity index (χ4n) is 3.12. The van der Waals surface area contributed by atoms with Crippen LogP contribution in [0.4, 0.5) is 10.6 Å². The van der Waals surface area contributed by atoms with Gasteiger partial charge in [0.05, 0.1) is 7.11 Å². The number of benzene rings is 1. The number of nitrogens with one attached hydrogen (secondary N) is 1. The van der Waals surface area contributed by atoms with Crippen LogP contribution in [0.5, 0.6) is 5.75 Å². The molecule has 138 valence electrons. The first-order chi connectivity index (χ1) is 12.7. The van der Waals surface area contributed by atoms with Gasteiger partial charge in [-0.3, -0.25) is 0 Å². The standard InChI is InChI=1S/C20H26N4O2/c1-23(15-17-6-5-7-18(12-17)26-2)20(25)22-14-16-8-9-21-19(13-16)24-10-3-4-11-24/h5-9,12-13H,3-4,10-11,14-15H2,1-2H3,(H,22,25). The van der Waals surface area contributed by atoms with Crippen molar-refractivity contribution in [2.75, 3.05) is 32.1 Å². The van der Waals surface area contributed by atoms with E-state index in [0.29, 0.717) is 13.1 Å². The number of amides is 2. The normalized spacial score (nSPS) is 13.5. The number of methoxy groups -OCH3 is 1. The minimum atomic E-state index is -0.104. The molecular weight excluding hydrogens is 328 g/mol. The van der Waals surface area contributed by atoms with Crippen molar-refractivity contribution in [3.63, 3.8) is 0 Å². The van der Waals surface area contributed by atoms with Crippen LogP contribution in [0.15, 0.2) is 42.6 Å². The van der Waals surface area contributed by atoms with Crippen molar-refractivity contribution in [1.82, 2.24) is 15.2 Å². The van der Waals surface area contributed by atoms with Gasteiger partial charge in [-0.1, -0.05) is 12.1 Å². The van der Waals surface area contributed by atoms with Gasteiger partial charge in [0.1, 0.15) is 11.6 Å². The van der Waals surface area contributed by atoms with E-state index in [1.54, 1.807) is 19.1 Å². The van der Waals surface area contributed by atoms with Crippen molar-refractivity contribution in [3.8, 4) is 5.75 Å². The molecule has 1 fully saturated rings. The highest BCUT2D eigenvalue weighted by molar-refractivity contribution is 5.73. The zero-order chi connectivity index (χ0) is 18.4. The molecule has 6 heteroatoms. The van der Waals surface area contributed by atoms with Gasteiger partial charge in [0, 0.05) is 39.4 Å². The second kappa shape index (κ2) is 8.56. The Morgan fingerprint density at radius 1 is 1.23 bits per heavy atom. The molecule has 0 unspecified atom stereocenters. The minimum absolute atomic E-state index is 0.104. The third-order valence-corrected chi connectivity index (χ3v) is 4.58. The van der Waals surface area contributed by atoms with Crippen molar-refractivity contribution >= 4 is 11.8 Å². The lowest BCUT2D eigenvalue weighted by Gasteiger charge is -2.19. The van der Waals surface area contributed by atoms with Crippen LogP contribution in [0.3, 0.4) is 0 Å². The predicted molar refractivity (Wildman–Crippen MR) is 102 cm³/mol. The van der Waals surface area contributed by atoms with E-state index in [4.69, 9.17) is 4.74 Å². The molecule has 26 heavy (non-hydrogen) atoms. The van der Waals surface area contributed by atoms with Gasteiger partial charge in [-0.15, -0.1) is 0 Å². The van der Waals surface area contributed by atoms with E-state index < -0.39 is 0 Å². The first kappa shape index (κ1) is 18.0. The Morgan fingerprint density at radius 3 is 2.81 bits per heavy atom. The third kappa shape index (κ3) is 4.65. The summed E-state index contributed by atoms with van der Waals surface area (Å²) in [5.41, 5.74) is 2.09. The number of nitrogens with zero attached hydrogens (tertiary/aromatic N) is 3. The van der Waals surface area contributed by atoms with E-state index >= 15 is 0 Å². The maximum Gasteiger partial charge on any atom is 0.317 e. The van der Waals surface area contributed by atoms with Gasteiger partial charge in [0.15, 0.2) is 0 Å². The highest BCUT2D eigenvalue weighted by Crippen LogP contribution is 2.18. The van der Waals surface area contributed by atoms with Gasteiger partial charge >= 0.3 is 6.03 Å². The first-order valence-electron chi connectivity index (χ1n) is 8.97. The van der Waals surface area contributed by atoms with E-state index in [1.807, 2.05) is 36.5 Å². The molecule has 6 nitrogen and oxygen atoms in total. The summed E-state index contributed by atoms with van der Waals surface area (Å²) >= 11 is 0. The van der Waals surface area contributed by atoms with Gasteiger partial charge in [-0.25, -0.2) is 9.78 Å². The molecule has 1 aliphatic heterocycles.